The number of carbonyl (C=O) groups excluding carboxylic acids is 1. The number of sulfone groups is 1. The summed E-state index contributed by atoms with van der Waals surface area (Å²) in [5.41, 5.74) is 0.515. The minimum Gasteiger partial charge on any atom is -0.326 e. The van der Waals surface area contributed by atoms with Gasteiger partial charge >= 0.3 is 0 Å². The average Bonchev–Trinajstić information content (AvgIpc) is 2.81. The number of hydrogen-bond donors (Lipinski definition) is 1. The Morgan fingerprint density at radius 2 is 1.76 bits per heavy atom. The monoisotopic (exact) mass is 440 g/mol. The molecule has 0 bridgehead atoms. The number of hydrogen-bond acceptors (Lipinski definition) is 5. The highest BCUT2D eigenvalue weighted by Crippen LogP contribution is 2.32. The van der Waals surface area contributed by atoms with E-state index in [0.29, 0.717) is 5.69 Å². The molecule has 0 spiro atoms. The van der Waals surface area contributed by atoms with E-state index in [1.54, 1.807) is 6.07 Å². The van der Waals surface area contributed by atoms with Gasteiger partial charge in [-0.3, -0.25) is 4.79 Å². The summed E-state index contributed by atoms with van der Waals surface area (Å²) >= 11 is 0. The number of sulfonamides is 1. The van der Waals surface area contributed by atoms with Gasteiger partial charge in [0.05, 0.1) is 15.9 Å². The molecule has 3 rings (SSSR count). The minimum absolute atomic E-state index is 0.00617. The first-order valence-electron chi connectivity index (χ1n) is 8.95. The van der Waals surface area contributed by atoms with Crippen LogP contribution in [0.5, 0.6) is 0 Å². The Bertz CT molecular complexity index is 1120. The van der Waals surface area contributed by atoms with Crippen LogP contribution in [-0.4, -0.2) is 45.9 Å². The topological polar surface area (TPSA) is 101 Å². The predicted octanol–water partition coefficient (Wildman–Crippen LogP) is 2.33. The molecule has 1 aliphatic heterocycles. The van der Waals surface area contributed by atoms with Crippen molar-refractivity contribution < 1.29 is 26.0 Å². The van der Waals surface area contributed by atoms with Gasteiger partial charge in [-0.2, -0.15) is 4.31 Å². The van der Waals surface area contributed by atoms with Gasteiger partial charge in [-0.1, -0.05) is 18.2 Å². The Morgan fingerprint density at radius 3 is 2.38 bits per heavy atom. The maximum absolute atomic E-state index is 14.1. The molecule has 1 unspecified atom stereocenters. The van der Waals surface area contributed by atoms with E-state index < -0.39 is 36.7 Å². The number of anilines is 1. The van der Waals surface area contributed by atoms with E-state index in [4.69, 9.17) is 0 Å². The van der Waals surface area contributed by atoms with Crippen LogP contribution < -0.4 is 5.32 Å². The highest BCUT2D eigenvalue weighted by atomic mass is 32.2. The molecular weight excluding hydrogens is 419 g/mol. The highest BCUT2D eigenvalue weighted by molar-refractivity contribution is 7.92. The molecule has 2 aromatic rings. The molecule has 1 aliphatic rings. The van der Waals surface area contributed by atoms with Gasteiger partial charge in [0.15, 0.2) is 9.84 Å². The van der Waals surface area contributed by atoms with Crippen molar-refractivity contribution in [3.63, 3.8) is 0 Å². The molecule has 1 atom stereocenters. The summed E-state index contributed by atoms with van der Waals surface area (Å²) in [4.78, 5) is 11.1. The van der Waals surface area contributed by atoms with Crippen molar-refractivity contribution in [2.24, 2.45) is 0 Å². The molecule has 1 amide bonds. The van der Waals surface area contributed by atoms with Crippen LogP contribution >= 0.6 is 0 Å². The van der Waals surface area contributed by atoms with Crippen LogP contribution in [-0.2, 0) is 24.7 Å². The quantitative estimate of drug-likeness (QED) is 0.787. The molecule has 2 aromatic carbocycles. The van der Waals surface area contributed by atoms with Crippen molar-refractivity contribution in [1.82, 2.24) is 4.31 Å². The summed E-state index contributed by atoms with van der Waals surface area (Å²) in [5.74, 6) is -1.29. The standard InChI is InChI=1S/C19H21FN2O5S2/c1-14(23)21-15-6-8-16(9-7-15)29(26,27)22-11-10-19(28(24,25)13-12-22)17-4-2-3-5-18(17)20/h2-9,19H,10-13H2,1H3,(H,21,23). The van der Waals surface area contributed by atoms with Gasteiger partial charge in [0.25, 0.3) is 0 Å². The van der Waals surface area contributed by atoms with E-state index in [1.807, 2.05) is 0 Å². The van der Waals surface area contributed by atoms with Gasteiger partial charge in [0.2, 0.25) is 15.9 Å². The number of nitrogens with one attached hydrogen (secondary N) is 1. The highest BCUT2D eigenvalue weighted by Gasteiger charge is 2.36. The summed E-state index contributed by atoms with van der Waals surface area (Å²) in [6.07, 6.45) is -0.0352. The third-order valence-corrected chi connectivity index (χ3v) is 8.79. The second-order valence-corrected chi connectivity index (χ2v) is 11.0. The summed E-state index contributed by atoms with van der Waals surface area (Å²) < 4.78 is 66.6. The van der Waals surface area contributed by atoms with Crippen molar-refractivity contribution in [3.8, 4) is 0 Å². The Hall–Kier alpha value is -2.30. The first-order chi connectivity index (χ1) is 13.6. The van der Waals surface area contributed by atoms with E-state index in [-0.39, 0.29) is 35.9 Å². The Kier molecular flexibility index (Phi) is 6.06. The van der Waals surface area contributed by atoms with Crippen molar-refractivity contribution in [3.05, 3.63) is 59.9 Å². The van der Waals surface area contributed by atoms with Crippen LogP contribution in [0.3, 0.4) is 0 Å². The van der Waals surface area contributed by atoms with Crippen molar-refractivity contribution >= 4 is 31.5 Å². The van der Waals surface area contributed by atoms with Crippen molar-refractivity contribution in [2.75, 3.05) is 24.2 Å². The fourth-order valence-corrected chi connectivity index (χ4v) is 6.69. The maximum atomic E-state index is 14.1. The number of rotatable bonds is 4. The van der Waals surface area contributed by atoms with Crippen LogP contribution in [0.15, 0.2) is 53.4 Å². The predicted molar refractivity (Wildman–Crippen MR) is 107 cm³/mol. The first-order valence-corrected chi connectivity index (χ1v) is 12.1. The van der Waals surface area contributed by atoms with Gasteiger partial charge in [-0.25, -0.2) is 21.2 Å². The molecule has 1 fully saturated rings. The second-order valence-electron chi connectivity index (χ2n) is 6.78. The van der Waals surface area contributed by atoms with Crippen LogP contribution in [0.1, 0.15) is 24.2 Å². The number of carbonyl (C=O) groups is 1. The van der Waals surface area contributed by atoms with Gasteiger partial charge in [-0.15, -0.1) is 0 Å². The lowest BCUT2D eigenvalue weighted by molar-refractivity contribution is -0.114. The summed E-state index contributed by atoms with van der Waals surface area (Å²) in [6.45, 7) is 1.09. The lowest BCUT2D eigenvalue weighted by Gasteiger charge is -2.20. The summed E-state index contributed by atoms with van der Waals surface area (Å²) in [5, 5.41) is 1.46. The fraction of sp³-hybridized carbons (Fsp3) is 0.316. The number of halogens is 1. The number of nitrogens with zero attached hydrogens (tertiary/aromatic N) is 1. The third-order valence-electron chi connectivity index (χ3n) is 4.76. The molecule has 10 heteroatoms. The molecule has 0 aliphatic carbocycles. The Morgan fingerprint density at radius 1 is 1.10 bits per heavy atom. The number of benzene rings is 2. The van der Waals surface area contributed by atoms with E-state index in [0.717, 1.165) is 4.31 Å². The largest absolute Gasteiger partial charge is 0.326 e. The molecule has 156 valence electrons. The summed E-state index contributed by atoms with van der Waals surface area (Å²) in [6, 6.07) is 11.3. The second kappa shape index (κ2) is 8.21. The van der Waals surface area contributed by atoms with E-state index >= 15 is 0 Å². The maximum Gasteiger partial charge on any atom is 0.243 e. The fourth-order valence-electron chi connectivity index (χ4n) is 3.31. The van der Waals surface area contributed by atoms with E-state index in [9.17, 15) is 26.0 Å². The zero-order chi connectivity index (χ0) is 21.2. The third kappa shape index (κ3) is 4.65. The van der Waals surface area contributed by atoms with Gasteiger partial charge < -0.3 is 5.32 Å². The SMILES string of the molecule is CC(=O)Nc1ccc(S(=O)(=O)N2CCC(c3ccccc3F)S(=O)(=O)CC2)cc1. The minimum atomic E-state index is -3.93. The van der Waals surface area contributed by atoms with Crippen LogP contribution in [0, 0.1) is 5.82 Å². The smallest absolute Gasteiger partial charge is 0.243 e. The molecule has 0 radical (unpaired) electrons. The zero-order valence-corrected chi connectivity index (χ0v) is 17.3. The summed E-state index contributed by atoms with van der Waals surface area (Å²) in [7, 11) is -7.66. The van der Waals surface area contributed by atoms with Crippen molar-refractivity contribution in [2.45, 2.75) is 23.5 Å². The van der Waals surface area contributed by atoms with E-state index in [2.05, 4.69) is 5.32 Å². The molecule has 1 saturated heterocycles. The average molecular weight is 441 g/mol. The van der Waals surface area contributed by atoms with Gasteiger partial charge in [-0.05, 0) is 36.8 Å². The molecule has 7 nitrogen and oxygen atoms in total. The molecule has 1 N–H and O–H groups in total. The first kappa shape index (κ1) is 21.4. The number of amides is 1. The molecule has 0 saturated carbocycles. The van der Waals surface area contributed by atoms with Crippen LogP contribution in [0.2, 0.25) is 0 Å². The lowest BCUT2D eigenvalue weighted by Crippen LogP contribution is -2.33. The normalized spacial score (nSPS) is 20.0. The van der Waals surface area contributed by atoms with Crippen molar-refractivity contribution in [1.29, 1.82) is 0 Å². The molecule has 29 heavy (non-hydrogen) atoms. The molecule has 0 aromatic heterocycles. The zero-order valence-electron chi connectivity index (χ0n) is 15.7. The lowest BCUT2D eigenvalue weighted by atomic mass is 10.1. The Labute approximate surface area is 169 Å². The Balaban J connectivity index is 1.85. The van der Waals surface area contributed by atoms with Gasteiger partial charge in [0.1, 0.15) is 5.82 Å². The van der Waals surface area contributed by atoms with Crippen LogP contribution in [0.4, 0.5) is 10.1 Å². The van der Waals surface area contributed by atoms with Crippen LogP contribution in [0.25, 0.3) is 0 Å². The molecule has 1 heterocycles. The van der Waals surface area contributed by atoms with Gasteiger partial charge in [0, 0.05) is 31.3 Å². The van der Waals surface area contributed by atoms with E-state index in [1.165, 1.54) is 49.4 Å². The molecular formula is C19H21FN2O5S2.